The molecular formula is C18H19FN4O2. The lowest BCUT2D eigenvalue weighted by Gasteiger charge is -2.24. The van der Waals surface area contributed by atoms with E-state index in [1.165, 1.54) is 17.8 Å². The van der Waals surface area contributed by atoms with E-state index < -0.39 is 6.10 Å². The number of halogens is 1. The largest absolute Gasteiger partial charge is 0.382 e. The normalized spacial score (nSPS) is 22.1. The second kappa shape index (κ2) is 6.31. The Bertz CT molecular complexity index is 845. The van der Waals surface area contributed by atoms with Crippen molar-refractivity contribution in [3.63, 3.8) is 0 Å². The van der Waals surface area contributed by atoms with Crippen LogP contribution in [0.4, 0.5) is 4.39 Å². The summed E-state index contributed by atoms with van der Waals surface area (Å²) in [6.07, 6.45) is 4.35. The zero-order chi connectivity index (χ0) is 17.4. The van der Waals surface area contributed by atoms with Gasteiger partial charge in [-0.1, -0.05) is 17.3 Å². The van der Waals surface area contributed by atoms with Gasteiger partial charge in [0.1, 0.15) is 5.82 Å². The lowest BCUT2D eigenvalue weighted by atomic mass is 9.92. The van der Waals surface area contributed by atoms with Crippen LogP contribution in [0.2, 0.25) is 0 Å². The number of benzene rings is 1. The quantitative estimate of drug-likeness (QED) is 0.930. The summed E-state index contributed by atoms with van der Waals surface area (Å²) in [5.74, 6) is -0.531. The first-order valence-corrected chi connectivity index (χ1v) is 8.41. The molecule has 130 valence electrons. The number of hydrogen-bond acceptors (Lipinski definition) is 4. The van der Waals surface area contributed by atoms with Crippen LogP contribution in [-0.2, 0) is 23.1 Å². The average molecular weight is 342 g/mol. The van der Waals surface area contributed by atoms with Gasteiger partial charge >= 0.3 is 0 Å². The highest BCUT2D eigenvalue weighted by Gasteiger charge is 2.32. The van der Waals surface area contributed by atoms with Crippen LogP contribution in [0.25, 0.3) is 0 Å². The van der Waals surface area contributed by atoms with Crippen LogP contribution in [-0.4, -0.2) is 27.5 Å². The van der Waals surface area contributed by atoms with E-state index in [9.17, 15) is 9.18 Å². The van der Waals surface area contributed by atoms with Crippen molar-refractivity contribution >= 4 is 11.6 Å². The van der Waals surface area contributed by atoms with Gasteiger partial charge in [-0.3, -0.25) is 9.48 Å². The Morgan fingerprint density at radius 2 is 2.32 bits per heavy atom. The van der Waals surface area contributed by atoms with Crippen LogP contribution in [0.15, 0.2) is 35.6 Å². The fourth-order valence-corrected chi connectivity index (χ4v) is 3.48. The number of amides is 1. The second-order valence-electron chi connectivity index (χ2n) is 6.47. The smallest absolute Gasteiger partial charge is 0.264 e. The molecule has 7 heteroatoms. The molecule has 0 bridgehead atoms. The topological polar surface area (TPSA) is 68.5 Å². The van der Waals surface area contributed by atoms with E-state index in [4.69, 9.17) is 4.84 Å². The summed E-state index contributed by atoms with van der Waals surface area (Å²) in [5, 5.41) is 11.3. The molecule has 2 aromatic rings. The number of rotatable bonds is 3. The summed E-state index contributed by atoms with van der Waals surface area (Å²) < 4.78 is 15.2. The molecule has 1 amide bonds. The van der Waals surface area contributed by atoms with Gasteiger partial charge < -0.3 is 10.2 Å². The van der Waals surface area contributed by atoms with Gasteiger partial charge in [-0.05, 0) is 31.4 Å². The van der Waals surface area contributed by atoms with E-state index >= 15 is 0 Å². The van der Waals surface area contributed by atoms with E-state index in [1.54, 1.807) is 12.1 Å². The van der Waals surface area contributed by atoms with Gasteiger partial charge in [-0.15, -0.1) is 0 Å². The van der Waals surface area contributed by atoms with Crippen molar-refractivity contribution in [3.05, 3.63) is 53.1 Å². The van der Waals surface area contributed by atoms with Crippen LogP contribution < -0.4 is 5.32 Å². The lowest BCUT2D eigenvalue weighted by Crippen LogP contribution is -2.38. The molecule has 0 saturated carbocycles. The fraction of sp³-hybridized carbons (Fsp3) is 0.389. The minimum absolute atomic E-state index is 0.0493. The number of hydrogen-bond donors (Lipinski definition) is 1. The van der Waals surface area contributed by atoms with Crippen LogP contribution in [0, 0.1) is 5.82 Å². The summed E-state index contributed by atoms with van der Waals surface area (Å²) in [6, 6.07) is 6.09. The molecule has 2 atom stereocenters. The van der Waals surface area contributed by atoms with Crippen molar-refractivity contribution < 1.29 is 14.0 Å². The standard InChI is InChI=1S/C18H19FN4O2/c1-23-16-7-3-6-14(13(16)10-20-23)21-18(24)17-9-15(22-25-17)11-4-2-5-12(19)8-11/h2,4-5,8,10,14,17H,3,6-7,9H2,1H3,(H,21,24). The zero-order valence-electron chi connectivity index (χ0n) is 13.9. The van der Waals surface area contributed by atoms with Crippen molar-refractivity contribution in [1.82, 2.24) is 15.1 Å². The molecule has 0 saturated heterocycles. The molecule has 1 N–H and O–H groups in total. The maximum Gasteiger partial charge on any atom is 0.264 e. The van der Waals surface area contributed by atoms with Gasteiger partial charge in [0, 0.05) is 30.3 Å². The SMILES string of the molecule is Cn1ncc2c1CCCC2NC(=O)C1CC(c2cccc(F)c2)=NO1. The van der Waals surface area contributed by atoms with Crippen molar-refractivity contribution in [2.45, 2.75) is 37.8 Å². The molecule has 0 fully saturated rings. The first kappa shape index (κ1) is 15.8. The molecule has 25 heavy (non-hydrogen) atoms. The van der Waals surface area contributed by atoms with Crippen LogP contribution in [0.3, 0.4) is 0 Å². The van der Waals surface area contributed by atoms with Crippen molar-refractivity contribution in [3.8, 4) is 0 Å². The Morgan fingerprint density at radius 1 is 1.44 bits per heavy atom. The van der Waals surface area contributed by atoms with Crippen LogP contribution >= 0.6 is 0 Å². The van der Waals surface area contributed by atoms with Gasteiger partial charge in [0.25, 0.3) is 5.91 Å². The van der Waals surface area contributed by atoms with Gasteiger partial charge in [-0.25, -0.2) is 4.39 Å². The molecule has 1 aliphatic heterocycles. The zero-order valence-corrected chi connectivity index (χ0v) is 13.9. The summed E-state index contributed by atoms with van der Waals surface area (Å²) >= 11 is 0. The molecule has 1 aromatic carbocycles. The van der Waals surface area contributed by atoms with Crippen molar-refractivity contribution in [2.24, 2.45) is 12.2 Å². The van der Waals surface area contributed by atoms with E-state index in [1.807, 2.05) is 17.9 Å². The number of aromatic nitrogens is 2. The highest BCUT2D eigenvalue weighted by Crippen LogP contribution is 2.29. The van der Waals surface area contributed by atoms with Crippen LogP contribution in [0.1, 0.15) is 42.1 Å². The maximum absolute atomic E-state index is 13.3. The molecule has 0 spiro atoms. The third-order valence-electron chi connectivity index (χ3n) is 4.81. The molecule has 2 unspecified atom stereocenters. The number of nitrogens with zero attached hydrogens (tertiary/aromatic N) is 3. The highest BCUT2D eigenvalue weighted by molar-refractivity contribution is 6.04. The average Bonchev–Trinajstić information content (AvgIpc) is 3.23. The molecular weight excluding hydrogens is 323 g/mol. The maximum atomic E-state index is 13.3. The van der Waals surface area contributed by atoms with Gasteiger partial charge in [0.05, 0.1) is 18.0 Å². The number of carbonyl (C=O) groups excluding carboxylic acids is 1. The van der Waals surface area contributed by atoms with E-state index in [2.05, 4.69) is 15.6 Å². The third-order valence-corrected chi connectivity index (χ3v) is 4.81. The van der Waals surface area contributed by atoms with E-state index in [0.717, 1.165) is 24.8 Å². The Hall–Kier alpha value is -2.70. The lowest BCUT2D eigenvalue weighted by molar-refractivity contribution is -0.132. The summed E-state index contributed by atoms with van der Waals surface area (Å²) in [5.41, 5.74) is 3.47. The summed E-state index contributed by atoms with van der Waals surface area (Å²) in [6.45, 7) is 0. The molecule has 1 aromatic heterocycles. The molecule has 2 heterocycles. The summed E-state index contributed by atoms with van der Waals surface area (Å²) in [7, 11) is 1.92. The number of nitrogens with one attached hydrogen (secondary N) is 1. The first-order valence-electron chi connectivity index (χ1n) is 8.41. The Kier molecular flexibility index (Phi) is 3.99. The second-order valence-corrected chi connectivity index (χ2v) is 6.47. The molecule has 2 aliphatic rings. The third kappa shape index (κ3) is 3.01. The predicted octanol–water partition coefficient (Wildman–Crippen LogP) is 2.25. The molecule has 0 radical (unpaired) electrons. The van der Waals surface area contributed by atoms with E-state index in [0.29, 0.717) is 17.7 Å². The molecule has 4 rings (SSSR count). The summed E-state index contributed by atoms with van der Waals surface area (Å²) in [4.78, 5) is 17.9. The highest BCUT2D eigenvalue weighted by atomic mass is 19.1. The van der Waals surface area contributed by atoms with E-state index in [-0.39, 0.29) is 17.8 Å². The van der Waals surface area contributed by atoms with Crippen molar-refractivity contribution in [2.75, 3.05) is 0 Å². The monoisotopic (exact) mass is 342 g/mol. The number of oxime groups is 1. The minimum Gasteiger partial charge on any atom is -0.382 e. The van der Waals surface area contributed by atoms with Gasteiger partial charge in [-0.2, -0.15) is 5.10 Å². The predicted molar refractivity (Wildman–Crippen MR) is 89.5 cm³/mol. The first-order chi connectivity index (χ1) is 12.1. The van der Waals surface area contributed by atoms with Gasteiger partial charge in [0.2, 0.25) is 6.10 Å². The Labute approximate surface area is 144 Å². The number of fused-ring (bicyclic) bond motifs is 1. The molecule has 1 aliphatic carbocycles. The molecule has 6 nitrogen and oxygen atoms in total. The Balaban J connectivity index is 1.42. The Morgan fingerprint density at radius 3 is 3.16 bits per heavy atom. The van der Waals surface area contributed by atoms with Crippen LogP contribution in [0.5, 0.6) is 0 Å². The number of carbonyl (C=O) groups is 1. The fourth-order valence-electron chi connectivity index (χ4n) is 3.48. The van der Waals surface area contributed by atoms with Gasteiger partial charge in [0.15, 0.2) is 0 Å². The van der Waals surface area contributed by atoms with Crippen molar-refractivity contribution in [1.29, 1.82) is 0 Å². The number of aryl methyl sites for hydroxylation is 1. The minimum atomic E-state index is -0.680.